The Morgan fingerprint density at radius 1 is 1.03 bits per heavy atom. The highest BCUT2D eigenvalue weighted by atomic mass is 79.9. The molecule has 0 saturated carbocycles. The summed E-state index contributed by atoms with van der Waals surface area (Å²) < 4.78 is 1.00. The molecular formula is C23H17BrCl3N3O. The molecule has 1 N–H and O–H groups in total. The Morgan fingerprint density at radius 2 is 1.77 bits per heavy atom. The van der Waals surface area contributed by atoms with Crippen molar-refractivity contribution >= 4 is 68.0 Å². The summed E-state index contributed by atoms with van der Waals surface area (Å²) in [6.45, 7) is 0.320. The molecule has 31 heavy (non-hydrogen) atoms. The van der Waals surface area contributed by atoms with Gasteiger partial charge in [0.05, 0.1) is 29.0 Å². The summed E-state index contributed by atoms with van der Waals surface area (Å²) in [5.41, 5.74) is 3.20. The number of nitrogens with zero attached hydrogens (tertiary/aromatic N) is 2. The van der Waals surface area contributed by atoms with Gasteiger partial charge in [-0.2, -0.15) is 5.10 Å². The second-order valence-corrected chi connectivity index (χ2v) is 9.27. The van der Waals surface area contributed by atoms with Crippen molar-refractivity contribution in [2.45, 2.75) is 12.5 Å². The molecule has 3 aromatic rings. The molecule has 1 aliphatic rings. The molecule has 0 fully saturated rings. The van der Waals surface area contributed by atoms with Crippen molar-refractivity contribution in [3.63, 3.8) is 0 Å². The van der Waals surface area contributed by atoms with Gasteiger partial charge in [0.2, 0.25) is 0 Å². The molecule has 8 heteroatoms. The minimum absolute atomic E-state index is 0.0511. The van der Waals surface area contributed by atoms with Crippen LogP contribution in [0.4, 0.5) is 5.69 Å². The van der Waals surface area contributed by atoms with Gasteiger partial charge in [0.15, 0.2) is 0 Å². The minimum atomic E-state index is -0.201. The summed E-state index contributed by atoms with van der Waals surface area (Å²) >= 11 is 22.0. The maximum atomic E-state index is 12.5. The van der Waals surface area contributed by atoms with Crippen LogP contribution in [-0.2, 0) is 0 Å². The van der Waals surface area contributed by atoms with E-state index in [1.165, 1.54) is 0 Å². The van der Waals surface area contributed by atoms with E-state index in [4.69, 9.17) is 39.9 Å². The lowest BCUT2D eigenvalue weighted by Crippen LogP contribution is -2.29. The van der Waals surface area contributed by atoms with Crippen molar-refractivity contribution in [3.8, 4) is 0 Å². The van der Waals surface area contributed by atoms with Crippen LogP contribution in [0.5, 0.6) is 0 Å². The average Bonchev–Trinajstić information content (AvgIpc) is 3.16. The summed E-state index contributed by atoms with van der Waals surface area (Å²) in [5.74, 6) is -0.201. The van der Waals surface area contributed by atoms with Gasteiger partial charge < -0.3 is 5.32 Å². The number of nitrogens with one attached hydrogen (secondary N) is 1. The fraction of sp³-hybridized carbons (Fsp3) is 0.130. The van der Waals surface area contributed by atoms with E-state index in [9.17, 15) is 4.79 Å². The molecule has 4 nitrogen and oxygen atoms in total. The second kappa shape index (κ2) is 9.61. The number of hydrazone groups is 1. The van der Waals surface area contributed by atoms with Gasteiger partial charge in [0.1, 0.15) is 0 Å². The third-order valence-corrected chi connectivity index (χ3v) is 6.23. The molecule has 0 aromatic heterocycles. The molecule has 0 radical (unpaired) electrons. The highest BCUT2D eigenvalue weighted by Crippen LogP contribution is 2.39. The van der Waals surface area contributed by atoms with E-state index >= 15 is 0 Å². The van der Waals surface area contributed by atoms with Gasteiger partial charge in [0, 0.05) is 26.5 Å². The minimum Gasteiger partial charge on any atom is -0.347 e. The maximum absolute atomic E-state index is 12.5. The Hall–Kier alpha value is -2.05. The summed E-state index contributed by atoms with van der Waals surface area (Å²) in [4.78, 5) is 12.5. The predicted octanol–water partition coefficient (Wildman–Crippen LogP) is 7.15. The van der Waals surface area contributed by atoms with Gasteiger partial charge in [-0.15, -0.1) is 0 Å². The van der Waals surface area contributed by atoms with E-state index in [2.05, 4.69) is 33.4 Å². The zero-order valence-electron chi connectivity index (χ0n) is 16.2. The highest BCUT2D eigenvalue weighted by Gasteiger charge is 2.30. The van der Waals surface area contributed by atoms with Gasteiger partial charge in [-0.3, -0.25) is 9.80 Å². The average molecular weight is 538 g/mol. The zero-order valence-corrected chi connectivity index (χ0v) is 20.0. The lowest BCUT2D eigenvalue weighted by molar-refractivity contribution is 0.0959. The van der Waals surface area contributed by atoms with Crippen LogP contribution in [0.1, 0.15) is 28.4 Å². The second-order valence-electron chi connectivity index (χ2n) is 7.07. The lowest BCUT2D eigenvalue weighted by atomic mass is 10.0. The fourth-order valence-corrected chi connectivity index (χ4v) is 4.38. The predicted molar refractivity (Wildman–Crippen MR) is 132 cm³/mol. The maximum Gasteiger partial charge on any atom is 0.251 e. The number of anilines is 1. The van der Waals surface area contributed by atoms with Crippen molar-refractivity contribution in [2.75, 3.05) is 11.6 Å². The Labute approximate surface area is 203 Å². The molecular weight excluding hydrogens is 521 g/mol. The van der Waals surface area contributed by atoms with Gasteiger partial charge >= 0.3 is 0 Å². The van der Waals surface area contributed by atoms with E-state index in [-0.39, 0.29) is 11.9 Å². The highest BCUT2D eigenvalue weighted by molar-refractivity contribution is 9.10. The van der Waals surface area contributed by atoms with E-state index in [1.54, 1.807) is 36.4 Å². The smallest absolute Gasteiger partial charge is 0.251 e. The normalized spacial score (nSPS) is 15.7. The van der Waals surface area contributed by atoms with Crippen LogP contribution in [0.15, 0.2) is 76.3 Å². The largest absolute Gasteiger partial charge is 0.347 e. The molecule has 1 heterocycles. The monoisotopic (exact) mass is 535 g/mol. The van der Waals surface area contributed by atoms with Crippen LogP contribution < -0.4 is 10.3 Å². The first-order valence-electron chi connectivity index (χ1n) is 9.50. The van der Waals surface area contributed by atoms with Crippen LogP contribution in [0.2, 0.25) is 15.1 Å². The number of carbonyl (C=O) groups excluding carboxylic acids is 1. The number of halogens is 4. The lowest BCUT2D eigenvalue weighted by Gasteiger charge is -2.25. The Kier molecular flexibility index (Phi) is 6.87. The molecule has 0 bridgehead atoms. The van der Waals surface area contributed by atoms with E-state index in [0.717, 1.165) is 21.4 Å². The van der Waals surface area contributed by atoms with E-state index in [1.807, 2.05) is 23.2 Å². The van der Waals surface area contributed by atoms with Gasteiger partial charge in [-0.25, -0.2) is 0 Å². The number of amides is 1. The van der Waals surface area contributed by atoms with Crippen molar-refractivity contribution in [1.82, 2.24) is 5.32 Å². The number of hydrogen-bond acceptors (Lipinski definition) is 3. The Balaban J connectivity index is 1.58. The van der Waals surface area contributed by atoms with Gasteiger partial charge in [-0.05, 0) is 54.1 Å². The molecule has 0 aliphatic carbocycles. The first-order chi connectivity index (χ1) is 14.9. The summed E-state index contributed by atoms with van der Waals surface area (Å²) in [5, 5.41) is 11.2. The molecule has 1 aliphatic heterocycles. The SMILES string of the molecule is O=C(NCC1=NN(c2ccc(Cl)cc2Cl)C(c2ccc(Br)cc2)C1)c1cccc(Cl)c1. The molecule has 158 valence electrons. The Bertz CT molecular complexity index is 1150. The van der Waals surface area contributed by atoms with Crippen LogP contribution >= 0.6 is 50.7 Å². The van der Waals surface area contributed by atoms with Crippen molar-refractivity contribution in [3.05, 3.63) is 97.4 Å². The molecule has 1 atom stereocenters. The standard InChI is InChI=1S/C23H17BrCl3N3O/c24-16-6-4-14(5-7-16)22-12-19(13-28-23(31)15-2-1-3-17(25)10-15)29-30(22)21-9-8-18(26)11-20(21)27/h1-11,22H,12-13H2,(H,28,31). The van der Waals surface area contributed by atoms with Crippen LogP contribution in [-0.4, -0.2) is 18.2 Å². The van der Waals surface area contributed by atoms with Gasteiger partial charge in [-0.1, -0.05) is 68.9 Å². The van der Waals surface area contributed by atoms with Crippen LogP contribution in [0.3, 0.4) is 0 Å². The van der Waals surface area contributed by atoms with Crippen molar-refractivity contribution in [1.29, 1.82) is 0 Å². The number of carbonyl (C=O) groups is 1. The summed E-state index contributed by atoms with van der Waals surface area (Å²) in [7, 11) is 0. The van der Waals surface area contributed by atoms with E-state index < -0.39 is 0 Å². The van der Waals surface area contributed by atoms with Crippen molar-refractivity contribution in [2.24, 2.45) is 5.10 Å². The Morgan fingerprint density at radius 3 is 2.48 bits per heavy atom. The first kappa shape index (κ1) is 22.2. The molecule has 4 rings (SSSR count). The molecule has 1 amide bonds. The summed E-state index contributed by atoms with van der Waals surface area (Å²) in [6.07, 6.45) is 0.649. The first-order valence-corrected chi connectivity index (χ1v) is 11.4. The topological polar surface area (TPSA) is 44.7 Å². The zero-order chi connectivity index (χ0) is 22.0. The van der Waals surface area contributed by atoms with Gasteiger partial charge in [0.25, 0.3) is 5.91 Å². The van der Waals surface area contributed by atoms with Crippen LogP contribution in [0, 0.1) is 0 Å². The molecule has 0 saturated heterocycles. The molecule has 0 spiro atoms. The number of rotatable bonds is 5. The fourth-order valence-electron chi connectivity index (χ4n) is 3.43. The van der Waals surface area contributed by atoms with E-state index in [0.29, 0.717) is 33.6 Å². The third-order valence-electron chi connectivity index (χ3n) is 4.92. The quantitative estimate of drug-likeness (QED) is 0.376. The third kappa shape index (κ3) is 5.24. The van der Waals surface area contributed by atoms with Crippen LogP contribution in [0.25, 0.3) is 0 Å². The summed E-state index contributed by atoms with van der Waals surface area (Å²) in [6, 6.07) is 20.2. The van der Waals surface area contributed by atoms with Crippen molar-refractivity contribution < 1.29 is 4.79 Å². The molecule has 3 aromatic carbocycles. The number of benzene rings is 3. The molecule has 1 unspecified atom stereocenters. The number of hydrogen-bond donors (Lipinski definition) is 1.